The maximum absolute atomic E-state index is 10.1. The van der Waals surface area contributed by atoms with Crippen LogP contribution in [0.4, 0.5) is 0 Å². The summed E-state index contributed by atoms with van der Waals surface area (Å²) in [7, 11) is 0. The number of aryl methyl sites for hydroxylation is 1. The molecule has 0 bridgehead atoms. The van der Waals surface area contributed by atoms with Gasteiger partial charge in [-0.25, -0.2) is 0 Å². The number of aromatic hydroxyl groups is 1. The Morgan fingerprint density at radius 3 is 2.47 bits per heavy atom. The lowest BCUT2D eigenvalue weighted by Crippen LogP contribution is -2.33. The molecule has 0 radical (unpaired) electrons. The van der Waals surface area contributed by atoms with Crippen molar-refractivity contribution in [2.75, 3.05) is 6.54 Å². The van der Waals surface area contributed by atoms with Gasteiger partial charge in [0.15, 0.2) is 0 Å². The quantitative estimate of drug-likeness (QED) is 0.877. The van der Waals surface area contributed by atoms with Crippen LogP contribution in [-0.2, 0) is 5.41 Å². The molecule has 1 saturated carbocycles. The van der Waals surface area contributed by atoms with E-state index in [0.717, 1.165) is 28.4 Å². The molecule has 1 fully saturated rings. The van der Waals surface area contributed by atoms with Crippen molar-refractivity contribution in [2.24, 2.45) is 5.73 Å². The second kappa shape index (κ2) is 4.62. The third-order valence-corrected chi connectivity index (χ3v) is 4.79. The number of hydrogen-bond donors (Lipinski definition) is 2. The minimum Gasteiger partial charge on any atom is -0.507 e. The molecule has 2 rings (SSSR count). The minimum atomic E-state index is 0.0636. The molecule has 0 aliphatic heterocycles. The van der Waals surface area contributed by atoms with Gasteiger partial charge in [0.1, 0.15) is 5.75 Å². The van der Waals surface area contributed by atoms with Crippen LogP contribution in [0.15, 0.2) is 10.5 Å². The van der Waals surface area contributed by atoms with Gasteiger partial charge in [-0.1, -0.05) is 28.8 Å². The van der Waals surface area contributed by atoms with Crippen LogP contribution in [0.3, 0.4) is 0 Å². The highest BCUT2D eigenvalue weighted by Gasteiger charge is 2.37. The molecule has 3 N–H and O–H groups in total. The van der Waals surface area contributed by atoms with Crippen molar-refractivity contribution in [1.82, 2.24) is 0 Å². The van der Waals surface area contributed by atoms with Crippen molar-refractivity contribution >= 4 is 15.9 Å². The molecule has 0 saturated heterocycles. The predicted octanol–water partition coefficient (Wildman–Crippen LogP) is 3.54. The molecule has 0 atom stereocenters. The number of benzene rings is 1. The van der Waals surface area contributed by atoms with E-state index in [9.17, 15) is 5.11 Å². The van der Waals surface area contributed by atoms with E-state index in [2.05, 4.69) is 15.9 Å². The molecule has 1 aliphatic carbocycles. The minimum absolute atomic E-state index is 0.0636. The highest BCUT2D eigenvalue weighted by Crippen LogP contribution is 2.47. The Morgan fingerprint density at radius 2 is 1.94 bits per heavy atom. The Balaban J connectivity index is 2.62. The lowest BCUT2D eigenvalue weighted by atomic mass is 9.76. The molecule has 3 heteroatoms. The number of halogens is 1. The lowest BCUT2D eigenvalue weighted by Gasteiger charge is -2.31. The van der Waals surface area contributed by atoms with Gasteiger partial charge in [-0.05, 0) is 49.4 Å². The molecule has 1 aromatic rings. The van der Waals surface area contributed by atoms with Gasteiger partial charge >= 0.3 is 0 Å². The van der Waals surface area contributed by atoms with E-state index in [1.807, 2.05) is 19.9 Å². The summed E-state index contributed by atoms with van der Waals surface area (Å²) >= 11 is 3.65. The first-order valence-electron chi connectivity index (χ1n) is 6.21. The molecule has 94 valence electrons. The summed E-state index contributed by atoms with van der Waals surface area (Å²) < 4.78 is 1.10. The fraction of sp³-hybridized carbons (Fsp3) is 0.571. The van der Waals surface area contributed by atoms with Crippen molar-refractivity contribution in [1.29, 1.82) is 0 Å². The smallest absolute Gasteiger partial charge is 0.121 e. The molecule has 17 heavy (non-hydrogen) atoms. The van der Waals surface area contributed by atoms with Crippen LogP contribution in [0, 0.1) is 13.8 Å². The number of rotatable bonds is 2. The van der Waals surface area contributed by atoms with Gasteiger partial charge in [0.2, 0.25) is 0 Å². The number of hydrogen-bond acceptors (Lipinski definition) is 2. The summed E-state index contributed by atoms with van der Waals surface area (Å²) in [5.74, 6) is 0.419. The topological polar surface area (TPSA) is 46.2 Å². The Hall–Kier alpha value is -0.540. The van der Waals surface area contributed by atoms with E-state index in [1.165, 1.54) is 18.4 Å². The Morgan fingerprint density at radius 1 is 1.35 bits per heavy atom. The second-order valence-electron chi connectivity index (χ2n) is 5.22. The number of phenolic OH excluding ortho intramolecular Hbond substituents is 1. The average molecular weight is 298 g/mol. The summed E-state index contributed by atoms with van der Waals surface area (Å²) in [6.45, 7) is 4.59. The molecule has 1 aliphatic rings. The van der Waals surface area contributed by atoms with Gasteiger partial charge in [0.05, 0.1) is 0 Å². The summed E-state index contributed by atoms with van der Waals surface area (Å²) in [6, 6.07) is 2.01. The van der Waals surface area contributed by atoms with E-state index in [-0.39, 0.29) is 5.41 Å². The SMILES string of the molecule is Cc1cc(Br)c(C2(CN)CCCC2)c(C)c1O. The molecule has 0 amide bonds. The van der Waals surface area contributed by atoms with Crippen molar-refractivity contribution in [3.8, 4) is 5.75 Å². The molecule has 0 unspecified atom stereocenters. The van der Waals surface area contributed by atoms with Gasteiger partial charge in [-0.3, -0.25) is 0 Å². The Labute approximate surface area is 111 Å². The summed E-state index contributed by atoms with van der Waals surface area (Å²) in [4.78, 5) is 0. The third-order valence-electron chi connectivity index (χ3n) is 4.17. The van der Waals surface area contributed by atoms with Gasteiger partial charge in [0, 0.05) is 16.4 Å². The fourth-order valence-corrected chi connectivity index (χ4v) is 4.24. The largest absolute Gasteiger partial charge is 0.507 e. The first-order chi connectivity index (χ1) is 8.02. The summed E-state index contributed by atoms with van der Waals surface area (Å²) in [6.07, 6.45) is 4.73. The van der Waals surface area contributed by atoms with E-state index in [1.54, 1.807) is 0 Å². The summed E-state index contributed by atoms with van der Waals surface area (Å²) in [5, 5.41) is 10.1. The molecular weight excluding hydrogens is 278 g/mol. The monoisotopic (exact) mass is 297 g/mol. The molecule has 0 aromatic heterocycles. The number of nitrogens with two attached hydrogens (primary N) is 1. The van der Waals surface area contributed by atoms with Crippen molar-refractivity contribution < 1.29 is 5.11 Å². The Bertz CT molecular complexity index is 436. The maximum Gasteiger partial charge on any atom is 0.121 e. The number of phenols is 1. The van der Waals surface area contributed by atoms with Crippen LogP contribution in [0.5, 0.6) is 5.75 Å². The average Bonchev–Trinajstić information content (AvgIpc) is 2.76. The van der Waals surface area contributed by atoms with Crippen LogP contribution in [0.2, 0.25) is 0 Å². The van der Waals surface area contributed by atoms with E-state index >= 15 is 0 Å². The van der Waals surface area contributed by atoms with Crippen molar-refractivity contribution in [3.63, 3.8) is 0 Å². The first kappa shape index (κ1) is 12.9. The molecular formula is C14H20BrNO. The van der Waals surface area contributed by atoms with Crippen molar-refractivity contribution in [3.05, 3.63) is 27.2 Å². The molecule has 2 nitrogen and oxygen atoms in total. The lowest BCUT2D eigenvalue weighted by molar-refractivity contribution is 0.432. The first-order valence-corrected chi connectivity index (χ1v) is 7.00. The van der Waals surface area contributed by atoms with Crippen LogP contribution in [0.25, 0.3) is 0 Å². The van der Waals surface area contributed by atoms with Crippen LogP contribution < -0.4 is 5.73 Å². The highest BCUT2D eigenvalue weighted by atomic mass is 79.9. The van der Waals surface area contributed by atoms with Crippen LogP contribution in [-0.4, -0.2) is 11.7 Å². The van der Waals surface area contributed by atoms with E-state index in [4.69, 9.17) is 5.73 Å². The standard InChI is InChI=1S/C14H20BrNO/c1-9-7-11(15)12(10(2)13(9)17)14(8-16)5-3-4-6-14/h7,17H,3-6,8,16H2,1-2H3. The highest BCUT2D eigenvalue weighted by molar-refractivity contribution is 9.10. The zero-order valence-electron chi connectivity index (χ0n) is 10.5. The molecule has 0 heterocycles. The fourth-order valence-electron chi connectivity index (χ4n) is 3.18. The Kier molecular flexibility index (Phi) is 3.50. The van der Waals surface area contributed by atoms with Gasteiger partial charge < -0.3 is 10.8 Å². The zero-order valence-corrected chi connectivity index (χ0v) is 12.1. The third kappa shape index (κ3) is 2.00. The van der Waals surface area contributed by atoms with E-state index < -0.39 is 0 Å². The van der Waals surface area contributed by atoms with Gasteiger partial charge in [-0.15, -0.1) is 0 Å². The molecule has 1 aromatic carbocycles. The van der Waals surface area contributed by atoms with Crippen LogP contribution in [0.1, 0.15) is 42.4 Å². The van der Waals surface area contributed by atoms with Crippen molar-refractivity contribution in [2.45, 2.75) is 44.9 Å². The normalized spacial score (nSPS) is 18.6. The van der Waals surface area contributed by atoms with Gasteiger partial charge in [-0.2, -0.15) is 0 Å². The second-order valence-corrected chi connectivity index (χ2v) is 6.07. The zero-order chi connectivity index (χ0) is 12.6. The van der Waals surface area contributed by atoms with E-state index in [0.29, 0.717) is 12.3 Å². The summed E-state index contributed by atoms with van der Waals surface area (Å²) in [5.41, 5.74) is 9.22. The molecule has 0 spiro atoms. The maximum atomic E-state index is 10.1. The van der Waals surface area contributed by atoms with Crippen LogP contribution >= 0.6 is 15.9 Å². The van der Waals surface area contributed by atoms with Gasteiger partial charge in [0.25, 0.3) is 0 Å². The predicted molar refractivity (Wildman–Crippen MR) is 74.5 cm³/mol.